The molecule has 8 rings (SSSR count). The molecule has 3 saturated heterocycles. The Labute approximate surface area is 348 Å². The number of carbonyl (C=O) groups is 2. The molecule has 6 heterocycles. The lowest BCUT2D eigenvalue weighted by molar-refractivity contribution is -0.134. The molecule has 3 aliphatic heterocycles. The number of benzene rings is 2. The Kier molecular flexibility index (Phi) is 11.9. The van der Waals surface area contributed by atoms with Crippen molar-refractivity contribution < 1.29 is 26.8 Å². The van der Waals surface area contributed by atoms with Crippen LogP contribution >= 0.6 is 0 Å². The van der Waals surface area contributed by atoms with E-state index in [2.05, 4.69) is 34.7 Å². The van der Waals surface area contributed by atoms with E-state index in [1.165, 1.54) is 23.9 Å². The molecule has 3 aromatic heterocycles. The number of carbonyl (C=O) groups excluding carboxylic acids is 2. The number of aromatic nitrogens is 4. The largest absolute Gasteiger partial charge is 0.367 e. The highest BCUT2D eigenvalue weighted by Crippen LogP contribution is 2.37. The molecular weight excluding hydrogens is 791 g/mol. The number of hydrogen-bond acceptors (Lipinski definition) is 10. The molecule has 17 heteroatoms. The fourth-order valence-corrected chi connectivity index (χ4v) is 9.14. The molecule has 0 bridgehead atoms. The van der Waals surface area contributed by atoms with Gasteiger partial charge in [0.25, 0.3) is 0 Å². The third kappa shape index (κ3) is 8.74. The summed E-state index contributed by atoms with van der Waals surface area (Å²) in [6.45, 7) is 7.67. The monoisotopic (exact) mass is 838 g/mol. The van der Waals surface area contributed by atoms with E-state index in [-0.39, 0.29) is 35.5 Å². The highest BCUT2D eigenvalue weighted by atomic mass is 32.2. The Bertz CT molecular complexity index is 2450. The van der Waals surface area contributed by atoms with Crippen LogP contribution in [0.1, 0.15) is 44.1 Å². The van der Waals surface area contributed by atoms with Gasteiger partial charge in [-0.1, -0.05) is 25.1 Å². The SMILES string of the molecule is CCN(C)S(=O)(=O)Nc1cccc(-c2cn(-c3ccc(N4CCN(CC5CCN(c6ccc([C@@H]7CCC(=O)NC7=O)cn6)CC5)CC4)c(F)c3)nc2-c2ccncc2)c1F. The Balaban J connectivity index is 0.896. The summed E-state index contributed by atoms with van der Waals surface area (Å²) in [4.78, 5) is 39.4. The van der Waals surface area contributed by atoms with Gasteiger partial charge in [-0.2, -0.15) is 17.8 Å². The number of nitrogens with one attached hydrogen (secondary N) is 2. The van der Waals surface area contributed by atoms with E-state index in [9.17, 15) is 18.0 Å². The van der Waals surface area contributed by atoms with Crippen molar-refractivity contribution in [2.45, 2.75) is 38.5 Å². The minimum absolute atomic E-state index is 0.128. The van der Waals surface area contributed by atoms with Crippen molar-refractivity contribution in [2.24, 2.45) is 5.92 Å². The molecule has 0 spiro atoms. The van der Waals surface area contributed by atoms with Crippen LogP contribution in [-0.2, 0) is 19.8 Å². The van der Waals surface area contributed by atoms with Gasteiger partial charge >= 0.3 is 10.2 Å². The predicted octanol–water partition coefficient (Wildman–Crippen LogP) is 5.44. The zero-order valence-electron chi connectivity index (χ0n) is 33.6. The first kappa shape index (κ1) is 41.0. The number of rotatable bonds is 12. The summed E-state index contributed by atoms with van der Waals surface area (Å²) in [5, 5.41) is 7.19. The third-order valence-corrected chi connectivity index (χ3v) is 13.4. The molecule has 3 aliphatic rings. The molecule has 0 aliphatic carbocycles. The predicted molar refractivity (Wildman–Crippen MR) is 226 cm³/mol. The lowest BCUT2D eigenvalue weighted by Crippen LogP contribution is -2.49. The van der Waals surface area contributed by atoms with E-state index < -0.39 is 21.8 Å². The van der Waals surface area contributed by atoms with Crippen molar-refractivity contribution in [3.05, 3.63) is 103 Å². The van der Waals surface area contributed by atoms with Gasteiger partial charge in [-0.05, 0) is 67.1 Å². The standard InChI is InChI=1S/C43H48F2N10O4S/c1-3-51(2)60(58,59)50-37-6-4-5-34(41(37)45)35-28-55(49-42(35)30-13-17-46-18-14-30)32-8-10-38(36(44)25-32)53-23-21-52(22-24-53)27-29-15-19-54(20-16-29)39-11-7-31(26-47-39)33-9-12-40(56)48-43(33)57/h4-8,10-11,13-14,17-18,25-26,28-29,33,50H,3,9,12,15-16,19-24,27H2,1-2H3,(H,48,56,57)/t33-/m0/s1. The number of imide groups is 1. The molecule has 3 fully saturated rings. The molecule has 14 nitrogen and oxygen atoms in total. The molecule has 60 heavy (non-hydrogen) atoms. The molecule has 2 N–H and O–H groups in total. The van der Waals surface area contributed by atoms with Gasteiger partial charge < -0.3 is 9.80 Å². The van der Waals surface area contributed by atoms with Gasteiger partial charge in [-0.15, -0.1) is 0 Å². The van der Waals surface area contributed by atoms with Crippen molar-refractivity contribution in [3.8, 4) is 28.1 Å². The van der Waals surface area contributed by atoms with Crippen LogP contribution in [0.15, 0.2) is 85.5 Å². The number of anilines is 3. The van der Waals surface area contributed by atoms with E-state index in [1.807, 2.05) is 12.1 Å². The zero-order valence-corrected chi connectivity index (χ0v) is 34.4. The number of piperidine rings is 2. The first-order valence-corrected chi connectivity index (χ1v) is 21.8. The maximum Gasteiger partial charge on any atom is 0.301 e. The summed E-state index contributed by atoms with van der Waals surface area (Å²) in [6.07, 6.45) is 9.51. The van der Waals surface area contributed by atoms with Gasteiger partial charge in [0.15, 0.2) is 5.82 Å². The zero-order chi connectivity index (χ0) is 42.0. The van der Waals surface area contributed by atoms with Crippen molar-refractivity contribution in [1.29, 1.82) is 0 Å². The van der Waals surface area contributed by atoms with E-state index in [1.54, 1.807) is 68.1 Å². The van der Waals surface area contributed by atoms with Crippen LogP contribution in [0.5, 0.6) is 0 Å². The number of hydrogen-bond donors (Lipinski definition) is 2. The second-order valence-electron chi connectivity index (χ2n) is 15.6. The number of amides is 2. The molecule has 0 radical (unpaired) electrons. The first-order valence-electron chi connectivity index (χ1n) is 20.3. The number of pyridine rings is 2. The van der Waals surface area contributed by atoms with Crippen LogP contribution in [0, 0.1) is 17.6 Å². The molecule has 0 saturated carbocycles. The number of nitrogens with zero attached hydrogens (tertiary/aromatic N) is 8. The van der Waals surface area contributed by atoms with E-state index in [4.69, 9.17) is 5.10 Å². The summed E-state index contributed by atoms with van der Waals surface area (Å²) in [5.41, 5.74) is 3.19. The Morgan fingerprint density at radius 3 is 2.35 bits per heavy atom. The minimum atomic E-state index is -3.98. The number of halogens is 2. The van der Waals surface area contributed by atoms with Crippen LogP contribution < -0.4 is 19.8 Å². The molecule has 0 unspecified atom stereocenters. The average molecular weight is 839 g/mol. The van der Waals surface area contributed by atoms with Crippen LogP contribution in [0.3, 0.4) is 0 Å². The fourth-order valence-electron chi connectivity index (χ4n) is 8.21. The number of piperazine rings is 1. The van der Waals surface area contributed by atoms with E-state index in [0.29, 0.717) is 60.0 Å². The van der Waals surface area contributed by atoms with Crippen LogP contribution in [0.4, 0.5) is 26.0 Å². The topological polar surface area (TPSA) is 149 Å². The van der Waals surface area contributed by atoms with Crippen LogP contribution in [0.25, 0.3) is 28.1 Å². The Hall–Kier alpha value is -5.78. The van der Waals surface area contributed by atoms with Gasteiger partial charge in [0, 0.05) is 113 Å². The molecular formula is C43H48F2N10O4S. The lowest BCUT2D eigenvalue weighted by Gasteiger charge is -2.40. The highest BCUT2D eigenvalue weighted by Gasteiger charge is 2.30. The average Bonchev–Trinajstić information content (AvgIpc) is 3.70. The first-order chi connectivity index (χ1) is 29.0. The summed E-state index contributed by atoms with van der Waals surface area (Å²) in [6, 6.07) is 16.9. The molecule has 5 aromatic rings. The maximum atomic E-state index is 16.1. The fraction of sp³-hybridized carbons (Fsp3) is 0.372. The third-order valence-electron chi connectivity index (χ3n) is 11.8. The highest BCUT2D eigenvalue weighted by molar-refractivity contribution is 7.90. The van der Waals surface area contributed by atoms with Crippen molar-refractivity contribution in [2.75, 3.05) is 73.9 Å². The molecule has 1 atom stereocenters. The van der Waals surface area contributed by atoms with Crippen molar-refractivity contribution in [3.63, 3.8) is 0 Å². The summed E-state index contributed by atoms with van der Waals surface area (Å²) in [7, 11) is -2.58. The summed E-state index contributed by atoms with van der Waals surface area (Å²) >= 11 is 0. The van der Waals surface area contributed by atoms with E-state index >= 15 is 8.78 Å². The molecule has 314 valence electrons. The van der Waals surface area contributed by atoms with Gasteiger partial charge in [0.1, 0.15) is 17.3 Å². The van der Waals surface area contributed by atoms with Crippen LogP contribution in [-0.4, -0.2) is 109 Å². The second-order valence-corrected chi connectivity index (χ2v) is 17.3. The van der Waals surface area contributed by atoms with Gasteiger partial charge in [-0.25, -0.2) is 18.4 Å². The summed E-state index contributed by atoms with van der Waals surface area (Å²) < 4.78 is 62.5. The Morgan fingerprint density at radius 2 is 1.67 bits per heavy atom. The maximum absolute atomic E-state index is 16.1. The van der Waals surface area contributed by atoms with E-state index in [0.717, 1.165) is 61.3 Å². The quantitative estimate of drug-likeness (QED) is 0.156. The molecule has 2 aromatic carbocycles. The van der Waals surface area contributed by atoms with Gasteiger partial charge in [0.2, 0.25) is 11.8 Å². The Morgan fingerprint density at radius 1 is 0.900 bits per heavy atom. The smallest absolute Gasteiger partial charge is 0.301 e. The second kappa shape index (κ2) is 17.4. The normalized spacial score (nSPS) is 18.2. The van der Waals surface area contributed by atoms with Gasteiger partial charge in [-0.3, -0.25) is 29.5 Å². The van der Waals surface area contributed by atoms with Gasteiger partial charge in [0.05, 0.1) is 23.0 Å². The molecule has 2 amide bonds. The lowest BCUT2D eigenvalue weighted by atomic mass is 9.91. The minimum Gasteiger partial charge on any atom is -0.367 e. The van der Waals surface area contributed by atoms with Crippen LogP contribution in [0.2, 0.25) is 0 Å². The summed E-state index contributed by atoms with van der Waals surface area (Å²) in [5.74, 6) is -0.530. The van der Waals surface area contributed by atoms with Crippen molar-refractivity contribution in [1.82, 2.24) is 34.3 Å². The van der Waals surface area contributed by atoms with Crippen molar-refractivity contribution >= 4 is 39.2 Å².